The van der Waals surface area contributed by atoms with E-state index in [1.54, 1.807) is 12.4 Å². The average Bonchev–Trinajstić information content (AvgIpc) is 3.97. The van der Waals surface area contributed by atoms with Gasteiger partial charge in [-0.15, -0.1) is 0 Å². The number of hydrogen-bond donors (Lipinski definition) is 6. The fourth-order valence-electron chi connectivity index (χ4n) is 11.5. The van der Waals surface area contributed by atoms with E-state index in [0.29, 0.717) is 42.1 Å². The number of ether oxygens (including phenoxy) is 2. The Kier molecular flexibility index (Phi) is 12.2. The highest BCUT2D eigenvalue weighted by atomic mass is 16.5. The molecule has 0 radical (unpaired) electrons. The van der Waals surface area contributed by atoms with E-state index in [0.717, 1.165) is 61.1 Å². The Morgan fingerprint density at radius 3 is 2.39 bits per heavy atom. The molecule has 1 aliphatic heterocycles. The number of fused-ring (bicyclic) bond motifs is 1. The summed E-state index contributed by atoms with van der Waals surface area (Å²) < 4.78 is 12.6. The average molecular weight is 779 g/mol. The Morgan fingerprint density at radius 1 is 0.842 bits per heavy atom. The van der Waals surface area contributed by atoms with E-state index in [1.807, 2.05) is 24.3 Å². The highest BCUT2D eigenvalue weighted by Crippen LogP contribution is 2.54. The maximum absolute atomic E-state index is 11.8. The van der Waals surface area contributed by atoms with Crippen molar-refractivity contribution in [3.05, 3.63) is 106 Å². The van der Waals surface area contributed by atoms with E-state index < -0.39 is 36.4 Å². The van der Waals surface area contributed by atoms with Crippen LogP contribution in [0.25, 0.3) is 0 Å². The maximum atomic E-state index is 11.8. The van der Waals surface area contributed by atoms with Crippen molar-refractivity contribution in [3.8, 4) is 23.0 Å². The molecule has 57 heavy (non-hydrogen) atoms. The minimum absolute atomic E-state index is 0.0636. The van der Waals surface area contributed by atoms with Crippen LogP contribution >= 0.6 is 0 Å². The lowest BCUT2D eigenvalue weighted by Crippen LogP contribution is -2.44. The third kappa shape index (κ3) is 8.18. The minimum Gasteiger partial charge on any atom is -0.670 e. The number of hydrogen-bond acceptors (Lipinski definition) is 8. The topological polar surface area (TPSA) is 154 Å². The largest absolute Gasteiger partial charge is 0.670 e. The van der Waals surface area contributed by atoms with Crippen molar-refractivity contribution in [1.82, 2.24) is 4.98 Å². The molecule has 4 fully saturated rings. The molecule has 9 atom stereocenters. The van der Waals surface area contributed by atoms with Crippen LogP contribution in [0.15, 0.2) is 67.0 Å². The van der Waals surface area contributed by atoms with Gasteiger partial charge >= 0.3 is 0 Å². The van der Waals surface area contributed by atoms with E-state index >= 15 is 0 Å². The van der Waals surface area contributed by atoms with Crippen LogP contribution in [0, 0.1) is 23.7 Å². The molecule has 3 aliphatic carbocycles. The molecule has 6 N–H and O–H groups in total. The van der Waals surface area contributed by atoms with Gasteiger partial charge in [0.15, 0.2) is 11.5 Å². The monoisotopic (exact) mass is 778 g/mol. The van der Waals surface area contributed by atoms with Crippen LogP contribution in [0.2, 0.25) is 0 Å². The van der Waals surface area contributed by atoms with E-state index in [2.05, 4.69) is 35.3 Å². The number of nitrogens with zero attached hydrogens (tertiary/aromatic N) is 1. The van der Waals surface area contributed by atoms with Crippen LogP contribution in [0.1, 0.15) is 134 Å². The summed E-state index contributed by atoms with van der Waals surface area (Å²) in [5.41, 5.74) is 5.48. The Balaban J connectivity index is 1.06. The van der Waals surface area contributed by atoms with Gasteiger partial charge in [-0.3, -0.25) is 0 Å². The molecule has 1 aromatic heterocycles. The molecule has 0 unspecified atom stereocenters. The summed E-state index contributed by atoms with van der Waals surface area (Å²) in [6.07, 6.45) is 14.0. The van der Waals surface area contributed by atoms with Crippen LogP contribution in [0.3, 0.4) is 0 Å². The predicted molar refractivity (Wildman–Crippen MR) is 218 cm³/mol. The van der Waals surface area contributed by atoms with Gasteiger partial charge in [0, 0.05) is 23.5 Å². The van der Waals surface area contributed by atoms with E-state index in [-0.39, 0.29) is 47.5 Å². The predicted octanol–water partition coefficient (Wildman–Crippen LogP) is 8.31. The number of aliphatic hydroxyl groups excluding tert-OH is 3. The van der Waals surface area contributed by atoms with Crippen molar-refractivity contribution >= 4 is 0 Å². The van der Waals surface area contributed by atoms with Gasteiger partial charge in [-0.25, -0.2) is 0 Å². The molecule has 1 saturated heterocycles. The van der Waals surface area contributed by atoms with Crippen molar-refractivity contribution in [1.29, 1.82) is 0 Å². The second-order valence-electron chi connectivity index (χ2n) is 17.5. The molecule has 0 spiro atoms. The minimum atomic E-state index is -0.667. The fourth-order valence-corrected chi connectivity index (χ4v) is 11.5. The lowest BCUT2D eigenvalue weighted by molar-refractivity contribution is -0.154. The first kappa shape index (κ1) is 39.8. The SMILES string of the molecule is COc1c(O)c(O)c(CO)c([C@@H]2C[C@H](O)[C@H]3CC[C@@H](c4ccc(O)c([C@@H]5C[C@H](C6CCCC6)CC[C@H]5[C@H](O)CCc5ccccc5)c4)C[C@@H]3O2)c1Cc1cc[n-]c1. The number of aliphatic hydroxyl groups is 3. The molecule has 0 amide bonds. The zero-order valence-corrected chi connectivity index (χ0v) is 33.2. The lowest BCUT2D eigenvalue weighted by atomic mass is 9.64. The molecule has 9 heteroatoms. The Labute approximate surface area is 336 Å². The van der Waals surface area contributed by atoms with Crippen molar-refractivity contribution in [2.75, 3.05) is 7.11 Å². The van der Waals surface area contributed by atoms with Gasteiger partial charge in [-0.1, -0.05) is 79.8 Å². The first-order chi connectivity index (χ1) is 27.7. The highest BCUT2D eigenvalue weighted by molar-refractivity contribution is 5.64. The smallest absolute Gasteiger partial charge is 0.201 e. The zero-order chi connectivity index (χ0) is 39.6. The quantitative estimate of drug-likeness (QED) is 0.0780. The third-order valence-electron chi connectivity index (χ3n) is 14.5. The summed E-state index contributed by atoms with van der Waals surface area (Å²) in [6, 6.07) is 18.4. The number of aryl methyl sites for hydroxylation is 1. The van der Waals surface area contributed by atoms with E-state index in [9.17, 15) is 30.6 Å². The van der Waals surface area contributed by atoms with Gasteiger partial charge in [-0.2, -0.15) is 12.4 Å². The van der Waals surface area contributed by atoms with Gasteiger partial charge in [0.2, 0.25) is 5.75 Å². The number of benzene rings is 3. The summed E-state index contributed by atoms with van der Waals surface area (Å²) in [5, 5.41) is 67.6. The van der Waals surface area contributed by atoms with Gasteiger partial charge in [-0.05, 0) is 116 Å². The number of rotatable bonds is 12. The van der Waals surface area contributed by atoms with Crippen LogP contribution in [-0.4, -0.2) is 56.1 Å². The van der Waals surface area contributed by atoms with Crippen LogP contribution in [0.5, 0.6) is 23.0 Å². The number of aromatic hydroxyl groups is 3. The second kappa shape index (κ2) is 17.5. The molecule has 0 bridgehead atoms. The fraction of sp³-hybridized carbons (Fsp3) is 0.542. The standard InChI is InChI=1S/C48H60NO8/c1-56-48-38(21-29-19-20-49-26-29)45(39(27-50)46(54)47(48)55)44-25-42(53)35-16-13-33(24-43(35)57-44)32-14-18-41(52)37(23-32)36-22-31(30-9-5-6-10-30)12-15-34(36)40(51)17-11-28-7-3-2-4-8-28/h2-4,7-8,14,18-20,23,26,30-31,33-36,40,42-44,50-55H,5-6,9-13,15-17,21-22,24-25,27H2,1H3/q-1/t31-,33-,34-,35-,36-,40-,42+,43+,44+/m1/s1. The maximum Gasteiger partial charge on any atom is 0.201 e. The molecule has 3 saturated carbocycles. The number of aromatic nitrogens is 1. The van der Waals surface area contributed by atoms with E-state index in [4.69, 9.17) is 9.47 Å². The Morgan fingerprint density at radius 2 is 1.65 bits per heavy atom. The number of phenolic OH excluding ortho intramolecular Hbond substituents is 2. The van der Waals surface area contributed by atoms with Crippen LogP contribution in [0.4, 0.5) is 0 Å². The second-order valence-corrected chi connectivity index (χ2v) is 17.5. The summed E-state index contributed by atoms with van der Waals surface area (Å²) >= 11 is 0. The van der Waals surface area contributed by atoms with Crippen molar-refractivity contribution in [2.24, 2.45) is 23.7 Å². The molecule has 8 rings (SSSR count). The number of methoxy groups -OCH3 is 1. The molecule has 9 nitrogen and oxygen atoms in total. The molecular formula is C48H60NO8-. The Hall–Kier alpha value is -4.02. The third-order valence-corrected chi connectivity index (χ3v) is 14.5. The normalized spacial score (nSPS) is 28.6. The first-order valence-corrected chi connectivity index (χ1v) is 21.4. The van der Waals surface area contributed by atoms with Crippen molar-refractivity contribution < 1.29 is 40.1 Å². The molecule has 306 valence electrons. The first-order valence-electron chi connectivity index (χ1n) is 21.4. The van der Waals surface area contributed by atoms with E-state index in [1.165, 1.54) is 38.4 Å². The molecule has 4 aromatic rings. The van der Waals surface area contributed by atoms with Gasteiger partial charge in [0.05, 0.1) is 38.1 Å². The van der Waals surface area contributed by atoms with Crippen molar-refractivity contribution in [2.45, 2.75) is 133 Å². The molecule has 3 aromatic carbocycles. The van der Waals surface area contributed by atoms with Crippen molar-refractivity contribution in [3.63, 3.8) is 0 Å². The van der Waals surface area contributed by atoms with Gasteiger partial charge < -0.3 is 45.1 Å². The van der Waals surface area contributed by atoms with Gasteiger partial charge in [0.1, 0.15) is 5.75 Å². The number of phenols is 3. The highest BCUT2D eigenvalue weighted by Gasteiger charge is 2.45. The molecule has 2 heterocycles. The molecule has 4 aliphatic rings. The lowest BCUT2D eigenvalue weighted by Gasteiger charge is -2.46. The zero-order valence-electron chi connectivity index (χ0n) is 33.2. The van der Waals surface area contributed by atoms with Crippen LogP contribution in [-0.2, 0) is 24.2 Å². The van der Waals surface area contributed by atoms with Gasteiger partial charge in [0.25, 0.3) is 0 Å². The summed E-state index contributed by atoms with van der Waals surface area (Å²) in [6.45, 7) is -0.529. The summed E-state index contributed by atoms with van der Waals surface area (Å²) in [7, 11) is 1.43. The molecular weight excluding hydrogens is 719 g/mol. The van der Waals surface area contributed by atoms with Crippen LogP contribution < -0.4 is 9.72 Å². The Bertz CT molecular complexity index is 1940. The summed E-state index contributed by atoms with van der Waals surface area (Å²) in [5.74, 6) is 1.04. The summed E-state index contributed by atoms with van der Waals surface area (Å²) in [4.78, 5) is 4.20.